The van der Waals surface area contributed by atoms with Gasteiger partial charge >= 0.3 is 0 Å². The van der Waals surface area contributed by atoms with Crippen molar-refractivity contribution < 1.29 is 4.74 Å². The highest BCUT2D eigenvalue weighted by molar-refractivity contribution is 6.33. The van der Waals surface area contributed by atoms with Crippen LogP contribution in [0.25, 0.3) is 0 Å². The number of para-hydroxylation sites is 1. The molecule has 0 heterocycles. The molecule has 0 saturated heterocycles. The average molecular weight is 285 g/mol. The van der Waals surface area contributed by atoms with Gasteiger partial charge in [0, 0.05) is 20.1 Å². The monoisotopic (exact) mass is 284 g/mol. The van der Waals surface area contributed by atoms with Gasteiger partial charge in [-0.1, -0.05) is 30.7 Å². The Morgan fingerprint density at radius 3 is 2.74 bits per heavy atom. The van der Waals surface area contributed by atoms with Crippen LogP contribution in [-0.4, -0.2) is 32.8 Å². The second kappa shape index (κ2) is 8.41. The fourth-order valence-electron chi connectivity index (χ4n) is 1.93. The quantitative estimate of drug-likeness (QED) is 0.793. The third kappa shape index (κ3) is 5.39. The van der Waals surface area contributed by atoms with Gasteiger partial charge in [-0.2, -0.15) is 0 Å². The lowest BCUT2D eigenvalue weighted by Gasteiger charge is -2.24. The van der Waals surface area contributed by atoms with E-state index in [1.807, 2.05) is 26.0 Å². The van der Waals surface area contributed by atoms with Crippen molar-refractivity contribution in [2.45, 2.75) is 33.4 Å². The minimum Gasteiger partial charge on any atom is -0.377 e. The number of benzene rings is 1. The summed E-state index contributed by atoms with van der Waals surface area (Å²) in [5, 5.41) is 4.14. The SMILES string of the molecule is CCNCc1cccc(Cl)c1N(C)CCOC(C)C. The van der Waals surface area contributed by atoms with Crippen LogP contribution in [0.15, 0.2) is 18.2 Å². The Bertz CT molecular complexity index is 382. The topological polar surface area (TPSA) is 24.5 Å². The van der Waals surface area contributed by atoms with Crippen LogP contribution in [-0.2, 0) is 11.3 Å². The molecule has 4 heteroatoms. The molecule has 1 N–H and O–H groups in total. The van der Waals surface area contributed by atoms with E-state index < -0.39 is 0 Å². The first kappa shape index (κ1) is 16.3. The zero-order valence-electron chi connectivity index (χ0n) is 12.4. The summed E-state index contributed by atoms with van der Waals surface area (Å²) in [6.07, 6.45) is 0.265. The summed E-state index contributed by atoms with van der Waals surface area (Å²) in [5.74, 6) is 0. The van der Waals surface area contributed by atoms with E-state index in [2.05, 4.69) is 30.3 Å². The average Bonchev–Trinajstić information content (AvgIpc) is 2.35. The second-order valence-electron chi connectivity index (χ2n) is 4.87. The van der Waals surface area contributed by atoms with Crippen LogP contribution in [0.1, 0.15) is 26.3 Å². The largest absolute Gasteiger partial charge is 0.377 e. The molecule has 0 atom stereocenters. The zero-order valence-corrected chi connectivity index (χ0v) is 13.1. The Kier molecular flexibility index (Phi) is 7.21. The van der Waals surface area contributed by atoms with Gasteiger partial charge in [0.05, 0.1) is 23.4 Å². The van der Waals surface area contributed by atoms with Gasteiger partial charge in [-0.15, -0.1) is 0 Å². The number of anilines is 1. The summed E-state index contributed by atoms with van der Waals surface area (Å²) in [6.45, 7) is 9.53. The van der Waals surface area contributed by atoms with Crippen LogP contribution >= 0.6 is 11.6 Å². The molecular formula is C15H25ClN2O. The Morgan fingerprint density at radius 1 is 1.37 bits per heavy atom. The normalized spacial score (nSPS) is 11.1. The zero-order chi connectivity index (χ0) is 14.3. The minimum absolute atomic E-state index is 0.265. The molecule has 0 fully saturated rings. The van der Waals surface area contributed by atoms with Crippen LogP contribution in [0.5, 0.6) is 0 Å². The van der Waals surface area contributed by atoms with Gasteiger partial charge in [0.25, 0.3) is 0 Å². The molecule has 0 saturated carbocycles. The Hall–Kier alpha value is -0.770. The molecule has 0 bridgehead atoms. The third-order valence-corrected chi connectivity index (χ3v) is 3.20. The Balaban J connectivity index is 2.73. The number of hydrogen-bond acceptors (Lipinski definition) is 3. The number of nitrogens with one attached hydrogen (secondary N) is 1. The first-order valence-corrected chi connectivity index (χ1v) is 7.24. The maximum atomic E-state index is 6.33. The van der Waals surface area contributed by atoms with Gasteiger partial charge < -0.3 is 15.0 Å². The minimum atomic E-state index is 0.265. The van der Waals surface area contributed by atoms with E-state index in [1.165, 1.54) is 5.56 Å². The molecule has 0 radical (unpaired) electrons. The van der Waals surface area contributed by atoms with Crippen molar-refractivity contribution in [1.29, 1.82) is 0 Å². The second-order valence-corrected chi connectivity index (χ2v) is 5.28. The van der Waals surface area contributed by atoms with Gasteiger partial charge in [-0.3, -0.25) is 0 Å². The fourth-order valence-corrected chi connectivity index (χ4v) is 2.27. The predicted octanol–water partition coefficient (Wildman–Crippen LogP) is 3.31. The number of likely N-dealkylation sites (N-methyl/N-ethyl adjacent to an activating group) is 1. The van der Waals surface area contributed by atoms with E-state index in [4.69, 9.17) is 16.3 Å². The van der Waals surface area contributed by atoms with Crippen molar-refractivity contribution in [3.05, 3.63) is 28.8 Å². The first-order chi connectivity index (χ1) is 9.06. The maximum Gasteiger partial charge on any atom is 0.0644 e. The number of nitrogens with zero attached hydrogens (tertiary/aromatic N) is 1. The summed E-state index contributed by atoms with van der Waals surface area (Å²) in [7, 11) is 2.06. The molecule has 1 rings (SSSR count). The van der Waals surface area contributed by atoms with Crippen LogP contribution in [0.4, 0.5) is 5.69 Å². The number of rotatable bonds is 8. The molecule has 0 aliphatic carbocycles. The molecular weight excluding hydrogens is 260 g/mol. The van der Waals surface area contributed by atoms with Crippen molar-refractivity contribution in [1.82, 2.24) is 5.32 Å². The lowest BCUT2D eigenvalue weighted by Crippen LogP contribution is -2.26. The molecule has 3 nitrogen and oxygen atoms in total. The number of ether oxygens (including phenoxy) is 1. The standard InChI is InChI=1S/C15H25ClN2O/c1-5-17-11-13-7-6-8-14(16)15(13)18(4)9-10-19-12(2)3/h6-8,12,17H,5,9-11H2,1-4H3. The molecule has 0 aromatic heterocycles. The smallest absolute Gasteiger partial charge is 0.0644 e. The highest BCUT2D eigenvalue weighted by Gasteiger charge is 2.11. The molecule has 0 aliphatic heterocycles. The van der Waals surface area contributed by atoms with E-state index in [1.54, 1.807) is 0 Å². The van der Waals surface area contributed by atoms with Gasteiger partial charge in [0.1, 0.15) is 0 Å². The van der Waals surface area contributed by atoms with Crippen LogP contribution < -0.4 is 10.2 Å². The van der Waals surface area contributed by atoms with Crippen LogP contribution in [0.2, 0.25) is 5.02 Å². The maximum absolute atomic E-state index is 6.33. The van der Waals surface area contributed by atoms with Gasteiger partial charge in [0.15, 0.2) is 0 Å². The fraction of sp³-hybridized carbons (Fsp3) is 0.600. The Labute approximate surface area is 121 Å². The van der Waals surface area contributed by atoms with E-state index in [0.29, 0.717) is 6.61 Å². The van der Waals surface area contributed by atoms with Crippen molar-refractivity contribution >= 4 is 17.3 Å². The van der Waals surface area contributed by atoms with Crippen molar-refractivity contribution in [3.8, 4) is 0 Å². The van der Waals surface area contributed by atoms with Crippen LogP contribution in [0, 0.1) is 0 Å². The highest BCUT2D eigenvalue weighted by atomic mass is 35.5. The summed E-state index contributed by atoms with van der Waals surface area (Å²) in [5.41, 5.74) is 2.32. The molecule has 0 amide bonds. The molecule has 0 unspecified atom stereocenters. The molecule has 0 aliphatic rings. The lowest BCUT2D eigenvalue weighted by molar-refractivity contribution is 0.0846. The summed E-state index contributed by atoms with van der Waals surface area (Å²) in [4.78, 5) is 2.16. The molecule has 108 valence electrons. The van der Waals surface area contributed by atoms with Crippen LogP contribution in [0.3, 0.4) is 0 Å². The highest BCUT2D eigenvalue weighted by Crippen LogP contribution is 2.29. The van der Waals surface area contributed by atoms with Gasteiger partial charge in [-0.25, -0.2) is 0 Å². The molecule has 0 spiro atoms. The molecule has 1 aromatic carbocycles. The van der Waals surface area contributed by atoms with Gasteiger partial charge in [0.2, 0.25) is 0 Å². The summed E-state index contributed by atoms with van der Waals surface area (Å²) >= 11 is 6.33. The lowest BCUT2D eigenvalue weighted by atomic mass is 10.1. The summed E-state index contributed by atoms with van der Waals surface area (Å²) in [6, 6.07) is 6.05. The van der Waals surface area contributed by atoms with E-state index in [-0.39, 0.29) is 6.10 Å². The number of hydrogen-bond donors (Lipinski definition) is 1. The summed E-state index contributed by atoms with van der Waals surface area (Å²) < 4.78 is 5.59. The predicted molar refractivity (Wildman–Crippen MR) is 83.2 cm³/mol. The first-order valence-electron chi connectivity index (χ1n) is 6.87. The van der Waals surface area contributed by atoms with Crippen molar-refractivity contribution in [2.24, 2.45) is 0 Å². The number of halogens is 1. The van der Waals surface area contributed by atoms with Crippen molar-refractivity contribution in [3.63, 3.8) is 0 Å². The van der Waals surface area contributed by atoms with Crippen molar-refractivity contribution in [2.75, 3.05) is 31.6 Å². The third-order valence-electron chi connectivity index (χ3n) is 2.90. The molecule has 19 heavy (non-hydrogen) atoms. The Morgan fingerprint density at radius 2 is 2.11 bits per heavy atom. The molecule has 1 aromatic rings. The van der Waals surface area contributed by atoms with E-state index in [9.17, 15) is 0 Å². The van der Waals surface area contributed by atoms with Gasteiger partial charge in [-0.05, 0) is 32.0 Å². The van der Waals surface area contributed by atoms with E-state index in [0.717, 1.165) is 30.3 Å². The van der Waals surface area contributed by atoms with E-state index >= 15 is 0 Å².